The van der Waals surface area contributed by atoms with E-state index < -0.39 is 0 Å². The molecule has 2 heteroatoms. The van der Waals surface area contributed by atoms with Crippen LogP contribution in [0.15, 0.2) is 12.7 Å². The third-order valence-electron chi connectivity index (χ3n) is 1.22. The van der Waals surface area contributed by atoms with Gasteiger partial charge in [0.25, 0.3) is 0 Å². The third kappa shape index (κ3) is 1.32. The summed E-state index contributed by atoms with van der Waals surface area (Å²) in [6, 6.07) is 0. The summed E-state index contributed by atoms with van der Waals surface area (Å²) >= 11 is 0. The second kappa shape index (κ2) is 2.84. The molecule has 1 fully saturated rings. The van der Waals surface area contributed by atoms with E-state index >= 15 is 0 Å². The van der Waals surface area contributed by atoms with Crippen molar-refractivity contribution in [2.75, 3.05) is 19.7 Å². The van der Waals surface area contributed by atoms with E-state index in [-0.39, 0.29) is 6.10 Å². The summed E-state index contributed by atoms with van der Waals surface area (Å²) in [4.78, 5) is 0. The maximum Gasteiger partial charge on any atom is 0.0878 e. The van der Waals surface area contributed by atoms with Crippen LogP contribution in [0.2, 0.25) is 0 Å². The topological polar surface area (TPSA) is 21.3 Å². The molecule has 1 aliphatic heterocycles. The van der Waals surface area contributed by atoms with Crippen LogP contribution >= 0.6 is 0 Å². The van der Waals surface area contributed by atoms with E-state index in [4.69, 9.17) is 4.74 Å². The molecule has 0 saturated carbocycles. The molecule has 1 aliphatic rings. The maximum atomic E-state index is 5.25. The highest BCUT2D eigenvalue weighted by atomic mass is 16.5. The van der Waals surface area contributed by atoms with Gasteiger partial charge in [-0.15, -0.1) is 6.58 Å². The summed E-state index contributed by atoms with van der Waals surface area (Å²) in [7, 11) is 0. The smallest absolute Gasteiger partial charge is 0.0878 e. The van der Waals surface area contributed by atoms with E-state index in [0.717, 1.165) is 19.7 Å². The molecule has 46 valence electrons. The van der Waals surface area contributed by atoms with Crippen molar-refractivity contribution >= 4 is 0 Å². The molecule has 1 rings (SSSR count). The van der Waals surface area contributed by atoms with E-state index in [0.29, 0.717) is 0 Å². The van der Waals surface area contributed by atoms with Crippen molar-refractivity contribution in [1.29, 1.82) is 0 Å². The van der Waals surface area contributed by atoms with Gasteiger partial charge in [0.05, 0.1) is 12.7 Å². The summed E-state index contributed by atoms with van der Waals surface area (Å²) in [6.45, 7) is 6.33. The first-order valence-corrected chi connectivity index (χ1v) is 2.88. The highest BCUT2D eigenvalue weighted by Crippen LogP contribution is 1.94. The molecule has 1 saturated heterocycles. The van der Waals surface area contributed by atoms with Crippen LogP contribution in [-0.2, 0) is 4.74 Å². The van der Waals surface area contributed by atoms with Crippen LogP contribution in [0.25, 0.3) is 0 Å². The fourth-order valence-corrected chi connectivity index (χ4v) is 0.737. The normalized spacial score (nSPS) is 29.8. The molecule has 0 spiro atoms. The largest absolute Gasteiger partial charge is 0.372 e. The minimum absolute atomic E-state index is 0.240. The Morgan fingerprint density at radius 1 is 1.75 bits per heavy atom. The first kappa shape index (κ1) is 5.79. The lowest BCUT2D eigenvalue weighted by Gasteiger charge is -2.19. The number of ether oxygens (including phenoxy) is 1. The Labute approximate surface area is 49.5 Å². The SMILES string of the molecule is C=CC1CNCCO1. The lowest BCUT2D eigenvalue weighted by molar-refractivity contribution is 0.0594. The Hall–Kier alpha value is -0.340. The lowest BCUT2D eigenvalue weighted by atomic mass is 10.3. The van der Waals surface area contributed by atoms with Gasteiger partial charge in [-0.25, -0.2) is 0 Å². The van der Waals surface area contributed by atoms with Crippen molar-refractivity contribution in [3.05, 3.63) is 12.7 Å². The predicted molar refractivity (Wildman–Crippen MR) is 32.8 cm³/mol. The van der Waals surface area contributed by atoms with E-state index in [9.17, 15) is 0 Å². The standard InChI is InChI=1S/C6H11NO/c1-2-6-5-7-3-4-8-6/h2,6-7H,1,3-5H2. The van der Waals surface area contributed by atoms with Gasteiger partial charge in [-0.1, -0.05) is 6.08 Å². The zero-order valence-corrected chi connectivity index (χ0v) is 4.89. The average Bonchev–Trinajstić information content (AvgIpc) is 1.90. The van der Waals surface area contributed by atoms with Crippen LogP contribution in [0.3, 0.4) is 0 Å². The molecule has 1 unspecified atom stereocenters. The van der Waals surface area contributed by atoms with Crippen LogP contribution in [0.5, 0.6) is 0 Å². The van der Waals surface area contributed by atoms with E-state index in [1.54, 1.807) is 0 Å². The summed E-state index contributed by atoms with van der Waals surface area (Å²) in [5, 5.41) is 3.19. The molecular weight excluding hydrogens is 102 g/mol. The molecule has 0 aromatic rings. The quantitative estimate of drug-likeness (QED) is 0.489. The zero-order valence-electron chi connectivity index (χ0n) is 4.89. The second-order valence-electron chi connectivity index (χ2n) is 1.85. The Bertz CT molecular complexity index is 76.6. The summed E-state index contributed by atoms with van der Waals surface area (Å²) < 4.78 is 5.25. The zero-order chi connectivity index (χ0) is 5.82. The van der Waals surface area contributed by atoms with Gasteiger partial charge in [-0.3, -0.25) is 0 Å². The molecule has 2 nitrogen and oxygen atoms in total. The molecule has 1 N–H and O–H groups in total. The van der Waals surface area contributed by atoms with Gasteiger partial charge in [0.2, 0.25) is 0 Å². The molecule has 0 aliphatic carbocycles. The molecule has 8 heavy (non-hydrogen) atoms. The highest BCUT2D eigenvalue weighted by Gasteiger charge is 2.06. The fourth-order valence-electron chi connectivity index (χ4n) is 0.737. The number of hydrogen-bond acceptors (Lipinski definition) is 2. The van der Waals surface area contributed by atoms with Gasteiger partial charge >= 0.3 is 0 Å². The van der Waals surface area contributed by atoms with Gasteiger partial charge in [0.15, 0.2) is 0 Å². The van der Waals surface area contributed by atoms with Gasteiger partial charge < -0.3 is 10.1 Å². The van der Waals surface area contributed by atoms with Gasteiger partial charge in [-0.2, -0.15) is 0 Å². The first-order chi connectivity index (χ1) is 3.93. The second-order valence-corrected chi connectivity index (χ2v) is 1.85. The molecule has 0 bridgehead atoms. The number of hydrogen-bond donors (Lipinski definition) is 1. The first-order valence-electron chi connectivity index (χ1n) is 2.88. The minimum atomic E-state index is 0.240. The maximum absolute atomic E-state index is 5.25. The van der Waals surface area contributed by atoms with Gasteiger partial charge in [-0.05, 0) is 0 Å². The third-order valence-corrected chi connectivity index (χ3v) is 1.22. The van der Waals surface area contributed by atoms with Crippen molar-refractivity contribution in [3.63, 3.8) is 0 Å². The molecular formula is C6H11NO. The predicted octanol–water partition coefficient (Wildman–Crippen LogP) is 0.161. The van der Waals surface area contributed by atoms with Gasteiger partial charge in [0, 0.05) is 13.1 Å². The van der Waals surface area contributed by atoms with Crippen LogP contribution in [0.1, 0.15) is 0 Å². The number of morpholine rings is 1. The Balaban J connectivity index is 2.22. The lowest BCUT2D eigenvalue weighted by Crippen LogP contribution is -2.37. The van der Waals surface area contributed by atoms with Crippen LogP contribution < -0.4 is 5.32 Å². The fraction of sp³-hybridized carbons (Fsp3) is 0.667. The Morgan fingerprint density at radius 2 is 2.62 bits per heavy atom. The summed E-state index contributed by atoms with van der Waals surface area (Å²) in [5.74, 6) is 0. The average molecular weight is 113 g/mol. The Morgan fingerprint density at radius 3 is 3.00 bits per heavy atom. The van der Waals surface area contributed by atoms with Gasteiger partial charge in [0.1, 0.15) is 0 Å². The molecule has 1 heterocycles. The molecule has 1 atom stereocenters. The molecule has 0 aromatic heterocycles. The van der Waals surface area contributed by atoms with Crippen molar-refractivity contribution in [2.45, 2.75) is 6.10 Å². The van der Waals surface area contributed by atoms with E-state index in [2.05, 4.69) is 11.9 Å². The van der Waals surface area contributed by atoms with Crippen LogP contribution in [0.4, 0.5) is 0 Å². The van der Waals surface area contributed by atoms with Crippen molar-refractivity contribution in [2.24, 2.45) is 0 Å². The van der Waals surface area contributed by atoms with E-state index in [1.807, 2.05) is 6.08 Å². The van der Waals surface area contributed by atoms with Crippen molar-refractivity contribution < 1.29 is 4.74 Å². The summed E-state index contributed by atoms with van der Waals surface area (Å²) in [6.07, 6.45) is 2.07. The minimum Gasteiger partial charge on any atom is -0.372 e. The molecule has 0 radical (unpaired) electrons. The van der Waals surface area contributed by atoms with Crippen LogP contribution in [0, 0.1) is 0 Å². The highest BCUT2D eigenvalue weighted by molar-refractivity contribution is 4.83. The molecule has 0 amide bonds. The molecule has 0 aromatic carbocycles. The van der Waals surface area contributed by atoms with Crippen molar-refractivity contribution in [3.8, 4) is 0 Å². The summed E-state index contributed by atoms with van der Waals surface area (Å²) in [5.41, 5.74) is 0. The van der Waals surface area contributed by atoms with Crippen LogP contribution in [-0.4, -0.2) is 25.8 Å². The monoisotopic (exact) mass is 113 g/mol. The Kier molecular flexibility index (Phi) is 2.06. The van der Waals surface area contributed by atoms with Crippen molar-refractivity contribution in [1.82, 2.24) is 5.32 Å². The number of nitrogens with one attached hydrogen (secondary N) is 1. The van der Waals surface area contributed by atoms with E-state index in [1.165, 1.54) is 0 Å². The number of rotatable bonds is 1.